The Labute approximate surface area is 208 Å². The zero-order valence-electron chi connectivity index (χ0n) is 21.3. The average Bonchev–Trinajstić information content (AvgIpc) is 2.84. The monoisotopic (exact) mass is 473 g/mol. The highest BCUT2D eigenvalue weighted by Gasteiger charge is 2.26. The highest BCUT2D eigenvalue weighted by molar-refractivity contribution is 5.89. The Morgan fingerprint density at radius 3 is 2.37 bits per heavy atom. The SMILES string of the molecule is CCOc1ccc(NC(=O)N2CCN(c3nc(-c4cccc(C)c4)nc(C)c3C(C)C)CC2)cc1. The summed E-state index contributed by atoms with van der Waals surface area (Å²) in [6.45, 7) is 13.8. The smallest absolute Gasteiger partial charge is 0.321 e. The molecule has 0 aliphatic carbocycles. The lowest BCUT2D eigenvalue weighted by Crippen LogP contribution is -2.50. The van der Waals surface area contributed by atoms with E-state index in [1.807, 2.05) is 42.2 Å². The van der Waals surface area contributed by atoms with Gasteiger partial charge in [-0.2, -0.15) is 0 Å². The van der Waals surface area contributed by atoms with Crippen LogP contribution in [0.2, 0.25) is 0 Å². The van der Waals surface area contributed by atoms with Gasteiger partial charge in [-0.25, -0.2) is 14.8 Å². The normalized spacial score (nSPS) is 13.8. The van der Waals surface area contributed by atoms with E-state index in [9.17, 15) is 4.79 Å². The Hall–Kier alpha value is -3.61. The first kappa shape index (κ1) is 24.5. The maximum absolute atomic E-state index is 12.9. The van der Waals surface area contributed by atoms with Gasteiger partial charge in [0.1, 0.15) is 11.6 Å². The van der Waals surface area contributed by atoms with Crippen LogP contribution in [-0.2, 0) is 0 Å². The third-order valence-corrected chi connectivity index (χ3v) is 6.25. The van der Waals surface area contributed by atoms with Gasteiger partial charge in [-0.15, -0.1) is 0 Å². The lowest BCUT2D eigenvalue weighted by Gasteiger charge is -2.37. The number of hydrogen-bond donors (Lipinski definition) is 1. The zero-order chi connectivity index (χ0) is 24.9. The molecule has 0 unspecified atom stereocenters. The number of aryl methyl sites for hydroxylation is 2. The highest BCUT2D eigenvalue weighted by atomic mass is 16.5. The highest BCUT2D eigenvalue weighted by Crippen LogP contribution is 2.31. The summed E-state index contributed by atoms with van der Waals surface area (Å²) in [7, 11) is 0. The number of urea groups is 1. The number of ether oxygens (including phenoxy) is 1. The van der Waals surface area contributed by atoms with E-state index in [0.29, 0.717) is 25.6 Å². The average molecular weight is 474 g/mol. The molecule has 4 rings (SSSR count). The maximum atomic E-state index is 12.9. The minimum atomic E-state index is -0.0859. The van der Waals surface area contributed by atoms with Crippen LogP contribution < -0.4 is 15.0 Å². The Balaban J connectivity index is 1.48. The molecule has 1 saturated heterocycles. The summed E-state index contributed by atoms with van der Waals surface area (Å²) in [6, 6.07) is 15.7. The summed E-state index contributed by atoms with van der Waals surface area (Å²) < 4.78 is 5.47. The predicted octanol–water partition coefficient (Wildman–Crippen LogP) is 5.64. The quantitative estimate of drug-likeness (QED) is 0.502. The molecule has 0 spiro atoms. The molecule has 0 bridgehead atoms. The van der Waals surface area contributed by atoms with Gasteiger partial charge in [-0.1, -0.05) is 37.6 Å². The number of aromatic nitrogens is 2. The third kappa shape index (κ3) is 5.73. The number of benzene rings is 2. The molecule has 35 heavy (non-hydrogen) atoms. The summed E-state index contributed by atoms with van der Waals surface area (Å²) >= 11 is 0. The fourth-order valence-electron chi connectivity index (χ4n) is 4.52. The molecule has 2 aromatic carbocycles. The van der Waals surface area contributed by atoms with E-state index in [1.165, 1.54) is 11.1 Å². The van der Waals surface area contributed by atoms with Crippen LogP contribution in [0.15, 0.2) is 48.5 Å². The molecule has 7 heteroatoms. The number of piperazine rings is 1. The minimum Gasteiger partial charge on any atom is -0.494 e. The maximum Gasteiger partial charge on any atom is 0.321 e. The molecule has 0 atom stereocenters. The fourth-order valence-corrected chi connectivity index (χ4v) is 4.52. The number of carbonyl (C=O) groups is 1. The molecular weight excluding hydrogens is 438 g/mol. The Kier molecular flexibility index (Phi) is 7.54. The van der Waals surface area contributed by atoms with Crippen LogP contribution in [0.4, 0.5) is 16.3 Å². The molecule has 7 nitrogen and oxygen atoms in total. The predicted molar refractivity (Wildman–Crippen MR) is 141 cm³/mol. The van der Waals surface area contributed by atoms with Gasteiger partial charge in [0.05, 0.1) is 6.61 Å². The van der Waals surface area contributed by atoms with Crippen molar-refractivity contribution in [3.05, 3.63) is 65.4 Å². The molecule has 0 saturated carbocycles. The molecular formula is C28H35N5O2. The number of hydrogen-bond acceptors (Lipinski definition) is 5. The number of carbonyl (C=O) groups excluding carboxylic acids is 1. The van der Waals surface area contributed by atoms with Crippen molar-refractivity contribution in [1.82, 2.24) is 14.9 Å². The molecule has 2 heterocycles. The van der Waals surface area contributed by atoms with E-state index in [2.05, 4.69) is 56.1 Å². The van der Waals surface area contributed by atoms with Crippen molar-refractivity contribution in [2.75, 3.05) is 43.0 Å². The van der Waals surface area contributed by atoms with E-state index >= 15 is 0 Å². The molecule has 1 fully saturated rings. The molecule has 1 aromatic heterocycles. The van der Waals surface area contributed by atoms with Gasteiger partial charge in [-0.05, 0) is 57.0 Å². The van der Waals surface area contributed by atoms with Crippen LogP contribution in [0.5, 0.6) is 5.75 Å². The first-order chi connectivity index (χ1) is 16.9. The molecule has 1 aliphatic rings. The Morgan fingerprint density at radius 1 is 1.03 bits per heavy atom. The van der Waals surface area contributed by atoms with E-state index < -0.39 is 0 Å². The number of rotatable bonds is 6. The van der Waals surface area contributed by atoms with Gasteiger partial charge in [0, 0.05) is 48.7 Å². The third-order valence-electron chi connectivity index (χ3n) is 6.25. The summed E-state index contributed by atoms with van der Waals surface area (Å²) in [5, 5.41) is 3.00. The molecule has 0 radical (unpaired) electrons. The summed E-state index contributed by atoms with van der Waals surface area (Å²) in [6.07, 6.45) is 0. The first-order valence-corrected chi connectivity index (χ1v) is 12.3. The first-order valence-electron chi connectivity index (χ1n) is 12.3. The Morgan fingerprint density at radius 2 is 1.74 bits per heavy atom. The van der Waals surface area contributed by atoms with Crippen molar-refractivity contribution < 1.29 is 9.53 Å². The van der Waals surface area contributed by atoms with Crippen LogP contribution in [0.3, 0.4) is 0 Å². The Bertz CT molecular complexity index is 1170. The second kappa shape index (κ2) is 10.8. The second-order valence-electron chi connectivity index (χ2n) is 9.26. The lowest BCUT2D eigenvalue weighted by molar-refractivity contribution is 0.208. The van der Waals surface area contributed by atoms with Crippen LogP contribution in [0.1, 0.15) is 43.5 Å². The second-order valence-corrected chi connectivity index (χ2v) is 9.26. The molecule has 3 aromatic rings. The van der Waals surface area contributed by atoms with Crippen LogP contribution in [-0.4, -0.2) is 53.7 Å². The van der Waals surface area contributed by atoms with E-state index in [0.717, 1.165) is 47.4 Å². The molecule has 1 N–H and O–H groups in total. The van der Waals surface area contributed by atoms with Crippen molar-refractivity contribution in [2.24, 2.45) is 0 Å². The molecule has 2 amide bonds. The van der Waals surface area contributed by atoms with Gasteiger partial charge in [0.15, 0.2) is 5.82 Å². The van der Waals surface area contributed by atoms with Crippen molar-refractivity contribution in [3.63, 3.8) is 0 Å². The van der Waals surface area contributed by atoms with Gasteiger partial charge in [0.2, 0.25) is 0 Å². The summed E-state index contributed by atoms with van der Waals surface area (Å²) in [5.74, 6) is 2.83. The summed E-state index contributed by atoms with van der Waals surface area (Å²) in [5.41, 5.74) is 5.16. The summed E-state index contributed by atoms with van der Waals surface area (Å²) in [4.78, 5) is 26.9. The van der Waals surface area contributed by atoms with Crippen LogP contribution in [0, 0.1) is 13.8 Å². The largest absolute Gasteiger partial charge is 0.494 e. The number of anilines is 2. The standard InChI is InChI=1S/C28H35N5O2/c1-6-35-24-12-10-23(11-13-24)30-28(34)33-16-14-32(15-17-33)27-25(19(2)3)21(5)29-26(31-27)22-9-7-8-20(4)18-22/h7-13,18-19H,6,14-17H2,1-5H3,(H,30,34). The van der Waals surface area contributed by atoms with E-state index in [4.69, 9.17) is 14.7 Å². The number of nitrogens with zero attached hydrogens (tertiary/aromatic N) is 4. The van der Waals surface area contributed by atoms with Crippen molar-refractivity contribution in [2.45, 2.75) is 40.5 Å². The van der Waals surface area contributed by atoms with Gasteiger partial charge in [-0.3, -0.25) is 0 Å². The van der Waals surface area contributed by atoms with Gasteiger partial charge >= 0.3 is 6.03 Å². The minimum absolute atomic E-state index is 0.0859. The van der Waals surface area contributed by atoms with Gasteiger partial charge < -0.3 is 19.9 Å². The van der Waals surface area contributed by atoms with Crippen molar-refractivity contribution >= 4 is 17.5 Å². The molecule has 184 valence electrons. The zero-order valence-corrected chi connectivity index (χ0v) is 21.3. The lowest BCUT2D eigenvalue weighted by atomic mass is 10.0. The fraction of sp³-hybridized carbons (Fsp3) is 0.393. The number of amides is 2. The van der Waals surface area contributed by atoms with Crippen molar-refractivity contribution in [3.8, 4) is 17.1 Å². The van der Waals surface area contributed by atoms with Gasteiger partial charge in [0.25, 0.3) is 0 Å². The number of nitrogens with one attached hydrogen (secondary N) is 1. The van der Waals surface area contributed by atoms with Crippen LogP contribution >= 0.6 is 0 Å². The van der Waals surface area contributed by atoms with Crippen LogP contribution in [0.25, 0.3) is 11.4 Å². The molecule has 1 aliphatic heterocycles. The topological polar surface area (TPSA) is 70.6 Å². The van der Waals surface area contributed by atoms with E-state index in [1.54, 1.807) is 0 Å². The van der Waals surface area contributed by atoms with Crippen molar-refractivity contribution in [1.29, 1.82) is 0 Å². The van der Waals surface area contributed by atoms with E-state index in [-0.39, 0.29) is 6.03 Å².